The third kappa shape index (κ3) is 3.74. The van der Waals surface area contributed by atoms with Crippen LogP contribution in [-0.4, -0.2) is 44.3 Å². The van der Waals surface area contributed by atoms with Crippen molar-refractivity contribution in [3.8, 4) is 0 Å². The first-order valence-corrected chi connectivity index (χ1v) is 6.12. The minimum atomic E-state index is 0.493. The van der Waals surface area contributed by atoms with Crippen LogP contribution in [-0.2, 0) is 4.74 Å². The number of piperidine rings is 1. The van der Waals surface area contributed by atoms with Crippen molar-refractivity contribution in [1.82, 2.24) is 4.90 Å². The summed E-state index contributed by atoms with van der Waals surface area (Å²) < 4.78 is 5.22. The first-order chi connectivity index (χ1) is 7.19. The molecule has 1 fully saturated rings. The Kier molecular flexibility index (Phi) is 5.58. The van der Waals surface area contributed by atoms with Gasteiger partial charge in [0.2, 0.25) is 0 Å². The van der Waals surface area contributed by atoms with Crippen molar-refractivity contribution >= 4 is 0 Å². The molecule has 3 unspecified atom stereocenters. The number of nitrogens with zero attached hydrogens (tertiary/aromatic N) is 1. The lowest BCUT2D eigenvalue weighted by Gasteiger charge is -2.39. The van der Waals surface area contributed by atoms with Crippen LogP contribution in [0, 0.1) is 11.8 Å². The topological polar surface area (TPSA) is 38.5 Å². The molecule has 15 heavy (non-hydrogen) atoms. The van der Waals surface area contributed by atoms with E-state index in [2.05, 4.69) is 18.7 Å². The summed E-state index contributed by atoms with van der Waals surface area (Å²) in [5, 5.41) is 0. The van der Waals surface area contributed by atoms with E-state index < -0.39 is 0 Å². The Bertz CT molecular complexity index is 175. The predicted molar refractivity (Wildman–Crippen MR) is 63.9 cm³/mol. The fourth-order valence-electron chi connectivity index (χ4n) is 2.64. The molecular weight excluding hydrogens is 188 g/mol. The van der Waals surface area contributed by atoms with Gasteiger partial charge in [-0.15, -0.1) is 0 Å². The Labute approximate surface area is 94.0 Å². The highest BCUT2D eigenvalue weighted by Crippen LogP contribution is 2.20. The summed E-state index contributed by atoms with van der Waals surface area (Å²) in [6.07, 6.45) is 2.68. The highest BCUT2D eigenvalue weighted by atomic mass is 16.5. The maximum Gasteiger partial charge on any atom is 0.0503 e. The smallest absolute Gasteiger partial charge is 0.0503 e. The van der Waals surface area contributed by atoms with E-state index >= 15 is 0 Å². The van der Waals surface area contributed by atoms with Gasteiger partial charge in [-0.05, 0) is 31.2 Å². The zero-order chi connectivity index (χ0) is 11.3. The van der Waals surface area contributed by atoms with Gasteiger partial charge in [0.25, 0.3) is 0 Å². The van der Waals surface area contributed by atoms with Crippen LogP contribution in [0.15, 0.2) is 0 Å². The van der Waals surface area contributed by atoms with E-state index in [1.165, 1.54) is 25.9 Å². The molecule has 0 amide bonds. The molecule has 0 aromatic rings. The van der Waals surface area contributed by atoms with Gasteiger partial charge in [-0.25, -0.2) is 0 Å². The fourth-order valence-corrected chi connectivity index (χ4v) is 2.64. The maximum absolute atomic E-state index is 5.88. The second kappa shape index (κ2) is 6.46. The summed E-state index contributed by atoms with van der Waals surface area (Å²) in [7, 11) is 1.77. The Morgan fingerprint density at radius 1 is 1.53 bits per heavy atom. The van der Waals surface area contributed by atoms with E-state index in [9.17, 15) is 0 Å². The van der Waals surface area contributed by atoms with Crippen molar-refractivity contribution in [1.29, 1.82) is 0 Å². The number of methoxy groups -OCH3 is 1. The zero-order valence-electron chi connectivity index (χ0n) is 10.4. The van der Waals surface area contributed by atoms with E-state index in [0.717, 1.165) is 19.1 Å². The van der Waals surface area contributed by atoms with Crippen molar-refractivity contribution in [2.45, 2.75) is 32.7 Å². The van der Waals surface area contributed by atoms with Crippen molar-refractivity contribution in [3.05, 3.63) is 0 Å². The lowest BCUT2D eigenvalue weighted by atomic mass is 9.94. The second-order valence-electron chi connectivity index (χ2n) is 4.98. The molecule has 1 rings (SSSR count). The van der Waals surface area contributed by atoms with Gasteiger partial charge in [-0.3, -0.25) is 4.90 Å². The average Bonchev–Trinajstić information content (AvgIpc) is 2.19. The number of rotatable bonds is 5. The molecule has 3 nitrogen and oxygen atoms in total. The van der Waals surface area contributed by atoms with Gasteiger partial charge in [-0.2, -0.15) is 0 Å². The molecule has 0 aliphatic carbocycles. The van der Waals surface area contributed by atoms with E-state index in [-0.39, 0.29) is 0 Å². The van der Waals surface area contributed by atoms with Gasteiger partial charge < -0.3 is 10.5 Å². The largest absolute Gasteiger partial charge is 0.384 e. The third-order valence-corrected chi connectivity index (χ3v) is 3.49. The van der Waals surface area contributed by atoms with Gasteiger partial charge in [0, 0.05) is 26.2 Å². The molecule has 3 heteroatoms. The number of likely N-dealkylation sites (tertiary alicyclic amines) is 1. The second-order valence-corrected chi connectivity index (χ2v) is 4.98. The van der Waals surface area contributed by atoms with Gasteiger partial charge in [0.15, 0.2) is 0 Å². The first-order valence-electron chi connectivity index (χ1n) is 6.12. The monoisotopic (exact) mass is 214 g/mol. The maximum atomic E-state index is 5.88. The molecule has 1 heterocycles. The van der Waals surface area contributed by atoms with Crippen molar-refractivity contribution in [2.75, 3.05) is 33.4 Å². The lowest BCUT2D eigenvalue weighted by molar-refractivity contribution is 0.0605. The molecule has 1 aliphatic rings. The molecular formula is C12H26N2O. The summed E-state index contributed by atoms with van der Waals surface area (Å²) in [4.78, 5) is 2.55. The van der Waals surface area contributed by atoms with E-state index in [0.29, 0.717) is 12.0 Å². The summed E-state index contributed by atoms with van der Waals surface area (Å²) >= 11 is 0. The van der Waals surface area contributed by atoms with Crippen LogP contribution < -0.4 is 5.73 Å². The van der Waals surface area contributed by atoms with Crippen LogP contribution in [0.2, 0.25) is 0 Å². The summed E-state index contributed by atoms with van der Waals surface area (Å²) in [5.41, 5.74) is 5.88. The van der Waals surface area contributed by atoms with Gasteiger partial charge >= 0.3 is 0 Å². The molecule has 0 aromatic carbocycles. The highest BCUT2D eigenvalue weighted by molar-refractivity contribution is 4.81. The SMILES string of the molecule is COCC(C)C(CN)N1CCCC(C)C1. The van der Waals surface area contributed by atoms with Crippen LogP contribution in [0.4, 0.5) is 0 Å². The minimum Gasteiger partial charge on any atom is -0.384 e. The Hall–Kier alpha value is -0.120. The number of ether oxygens (including phenoxy) is 1. The standard InChI is InChI=1S/C12H26N2O/c1-10-5-4-6-14(8-10)12(7-13)11(2)9-15-3/h10-12H,4-9,13H2,1-3H3. The molecule has 0 radical (unpaired) electrons. The minimum absolute atomic E-state index is 0.493. The molecule has 0 aromatic heterocycles. The molecule has 0 bridgehead atoms. The summed E-state index contributed by atoms with van der Waals surface area (Å²) in [5.74, 6) is 1.35. The summed E-state index contributed by atoms with van der Waals surface area (Å²) in [6.45, 7) is 8.54. The predicted octanol–water partition coefficient (Wildman–Crippen LogP) is 1.33. The number of nitrogens with two attached hydrogens (primary N) is 1. The number of hydrogen-bond acceptors (Lipinski definition) is 3. The molecule has 1 aliphatic heterocycles. The zero-order valence-corrected chi connectivity index (χ0v) is 10.4. The highest BCUT2D eigenvalue weighted by Gasteiger charge is 2.26. The van der Waals surface area contributed by atoms with Crippen molar-refractivity contribution in [2.24, 2.45) is 17.6 Å². The van der Waals surface area contributed by atoms with Crippen LogP contribution in [0.1, 0.15) is 26.7 Å². The Balaban J connectivity index is 2.48. The van der Waals surface area contributed by atoms with Crippen LogP contribution in [0.5, 0.6) is 0 Å². The quantitative estimate of drug-likeness (QED) is 0.750. The summed E-state index contributed by atoms with van der Waals surface area (Å²) in [6, 6.07) is 0.493. The lowest BCUT2D eigenvalue weighted by Crippen LogP contribution is -2.49. The molecule has 2 N–H and O–H groups in total. The first kappa shape index (κ1) is 12.9. The average molecular weight is 214 g/mol. The van der Waals surface area contributed by atoms with Crippen LogP contribution in [0.25, 0.3) is 0 Å². The Morgan fingerprint density at radius 2 is 2.27 bits per heavy atom. The Morgan fingerprint density at radius 3 is 2.80 bits per heavy atom. The molecule has 3 atom stereocenters. The van der Waals surface area contributed by atoms with Crippen LogP contribution in [0.3, 0.4) is 0 Å². The van der Waals surface area contributed by atoms with Gasteiger partial charge in [-0.1, -0.05) is 13.8 Å². The van der Waals surface area contributed by atoms with E-state index in [1.807, 2.05) is 0 Å². The van der Waals surface area contributed by atoms with Gasteiger partial charge in [0.05, 0.1) is 6.61 Å². The fraction of sp³-hybridized carbons (Fsp3) is 1.00. The van der Waals surface area contributed by atoms with Crippen molar-refractivity contribution in [3.63, 3.8) is 0 Å². The molecule has 90 valence electrons. The van der Waals surface area contributed by atoms with Crippen LogP contribution >= 0.6 is 0 Å². The normalized spacial score (nSPS) is 27.6. The third-order valence-electron chi connectivity index (χ3n) is 3.49. The van der Waals surface area contributed by atoms with E-state index in [4.69, 9.17) is 10.5 Å². The van der Waals surface area contributed by atoms with Gasteiger partial charge in [0.1, 0.15) is 0 Å². The molecule has 0 spiro atoms. The number of hydrogen-bond donors (Lipinski definition) is 1. The van der Waals surface area contributed by atoms with Crippen molar-refractivity contribution < 1.29 is 4.74 Å². The molecule has 1 saturated heterocycles. The molecule has 0 saturated carbocycles. The van der Waals surface area contributed by atoms with E-state index in [1.54, 1.807) is 7.11 Å².